The summed E-state index contributed by atoms with van der Waals surface area (Å²) in [7, 11) is 0. The van der Waals surface area contributed by atoms with Crippen LogP contribution in [0.5, 0.6) is 0 Å². The monoisotopic (exact) mass is 246 g/mol. The molecule has 0 saturated heterocycles. The highest BCUT2D eigenvalue weighted by Gasteiger charge is 2.22. The van der Waals surface area contributed by atoms with E-state index in [1.54, 1.807) is 13.8 Å². The quantitative estimate of drug-likeness (QED) is 0.858. The first-order chi connectivity index (χ1) is 8.16. The summed E-state index contributed by atoms with van der Waals surface area (Å²) in [5, 5.41) is 22.2. The zero-order valence-electron chi connectivity index (χ0n) is 11.8. The summed E-state index contributed by atoms with van der Waals surface area (Å²) < 4.78 is 0. The Morgan fingerprint density at radius 1 is 1.17 bits per heavy atom. The minimum absolute atomic E-state index is 0.0488. The molecule has 0 aliphatic carbocycles. The highest BCUT2D eigenvalue weighted by molar-refractivity contribution is 5.47. The Morgan fingerprint density at radius 3 is 2.06 bits per heavy atom. The van der Waals surface area contributed by atoms with Crippen LogP contribution in [0.2, 0.25) is 0 Å². The molecule has 0 amide bonds. The minimum Gasteiger partial charge on any atom is -0.388 e. The van der Waals surface area contributed by atoms with Gasteiger partial charge in [0.05, 0.1) is 23.1 Å². The van der Waals surface area contributed by atoms with Crippen molar-refractivity contribution >= 4 is 5.69 Å². The Balaban J connectivity index is 2.82. The summed E-state index contributed by atoms with van der Waals surface area (Å²) >= 11 is 0. The number of benzene rings is 1. The lowest BCUT2D eigenvalue weighted by atomic mass is 9.86. The Morgan fingerprint density at radius 2 is 1.67 bits per heavy atom. The summed E-state index contributed by atoms with van der Waals surface area (Å²) in [6, 6.07) is 10.0. The Bertz CT molecular complexity index is 435. The van der Waals surface area contributed by atoms with Crippen molar-refractivity contribution in [3.8, 4) is 6.07 Å². The molecule has 0 saturated carbocycles. The third-order valence-electron chi connectivity index (χ3n) is 3.33. The number of hydrogen-bond acceptors (Lipinski definition) is 3. The topological polar surface area (TPSA) is 56.0 Å². The Kier molecular flexibility index (Phi) is 4.03. The van der Waals surface area contributed by atoms with Crippen LogP contribution in [0.4, 0.5) is 5.69 Å². The van der Waals surface area contributed by atoms with E-state index in [-0.39, 0.29) is 6.04 Å². The van der Waals surface area contributed by atoms with Gasteiger partial charge in [-0.2, -0.15) is 5.26 Å². The van der Waals surface area contributed by atoms with Crippen LogP contribution in [0.15, 0.2) is 24.3 Å². The van der Waals surface area contributed by atoms with E-state index in [2.05, 4.69) is 11.4 Å². The fraction of sp³-hybridized carbons (Fsp3) is 0.533. The molecule has 0 bridgehead atoms. The highest BCUT2D eigenvalue weighted by Crippen LogP contribution is 2.24. The number of nitrogens with zero attached hydrogens (tertiary/aromatic N) is 1. The van der Waals surface area contributed by atoms with Gasteiger partial charge in [0.25, 0.3) is 0 Å². The van der Waals surface area contributed by atoms with Gasteiger partial charge in [-0.1, -0.05) is 12.1 Å². The van der Waals surface area contributed by atoms with Gasteiger partial charge in [-0.05, 0) is 52.3 Å². The molecule has 1 aromatic carbocycles. The van der Waals surface area contributed by atoms with Crippen LogP contribution < -0.4 is 5.32 Å². The van der Waals surface area contributed by atoms with E-state index in [0.717, 1.165) is 11.3 Å². The summed E-state index contributed by atoms with van der Waals surface area (Å²) in [6.45, 7) is 9.28. The minimum atomic E-state index is -0.773. The van der Waals surface area contributed by atoms with Crippen LogP contribution in [-0.2, 0) is 5.41 Å². The van der Waals surface area contributed by atoms with Crippen LogP contribution in [-0.4, -0.2) is 16.7 Å². The first-order valence-corrected chi connectivity index (χ1v) is 6.17. The van der Waals surface area contributed by atoms with Crippen LogP contribution in [0.3, 0.4) is 0 Å². The standard InChI is InChI=1S/C15H22N2O/c1-11(15(4,5)18)17-13-8-6-12(7-9-13)14(2,3)10-16/h6-9,11,17-18H,1-5H3. The van der Waals surface area contributed by atoms with E-state index in [1.807, 2.05) is 45.0 Å². The van der Waals surface area contributed by atoms with Crippen LogP contribution in [0, 0.1) is 11.3 Å². The van der Waals surface area contributed by atoms with Gasteiger partial charge in [0.15, 0.2) is 0 Å². The van der Waals surface area contributed by atoms with E-state index in [0.29, 0.717) is 0 Å². The Labute approximate surface area is 109 Å². The summed E-state index contributed by atoms with van der Waals surface area (Å²) in [5.41, 5.74) is 0.693. The van der Waals surface area contributed by atoms with Crippen molar-refractivity contribution in [3.63, 3.8) is 0 Å². The lowest BCUT2D eigenvalue weighted by Crippen LogP contribution is -2.39. The molecule has 3 heteroatoms. The third-order valence-corrected chi connectivity index (χ3v) is 3.33. The zero-order chi connectivity index (χ0) is 14.0. The number of rotatable bonds is 4. The van der Waals surface area contributed by atoms with E-state index in [1.165, 1.54) is 0 Å². The molecule has 98 valence electrons. The SMILES string of the molecule is CC(Nc1ccc(C(C)(C)C#N)cc1)C(C)(C)O. The number of nitriles is 1. The molecule has 0 aliphatic heterocycles. The van der Waals surface area contributed by atoms with Crippen molar-refractivity contribution in [1.29, 1.82) is 5.26 Å². The van der Waals surface area contributed by atoms with Crippen molar-refractivity contribution in [1.82, 2.24) is 0 Å². The van der Waals surface area contributed by atoms with Crippen molar-refractivity contribution < 1.29 is 5.11 Å². The molecule has 2 N–H and O–H groups in total. The van der Waals surface area contributed by atoms with E-state index >= 15 is 0 Å². The molecule has 1 unspecified atom stereocenters. The second-order valence-corrected chi connectivity index (χ2v) is 5.83. The average Bonchev–Trinajstić information content (AvgIpc) is 2.28. The van der Waals surface area contributed by atoms with Crippen LogP contribution in [0.25, 0.3) is 0 Å². The van der Waals surface area contributed by atoms with Crippen molar-refractivity contribution in [2.75, 3.05) is 5.32 Å². The maximum Gasteiger partial charge on any atom is 0.0789 e. The summed E-state index contributed by atoms with van der Waals surface area (Å²) in [6.07, 6.45) is 0. The molecular formula is C15H22N2O. The second-order valence-electron chi connectivity index (χ2n) is 5.83. The van der Waals surface area contributed by atoms with Gasteiger partial charge < -0.3 is 10.4 Å². The molecule has 0 aliphatic rings. The van der Waals surface area contributed by atoms with Gasteiger partial charge >= 0.3 is 0 Å². The van der Waals surface area contributed by atoms with Gasteiger partial charge in [0.1, 0.15) is 0 Å². The molecule has 0 aromatic heterocycles. The predicted octanol–water partition coefficient (Wildman–Crippen LogP) is 3.06. The van der Waals surface area contributed by atoms with E-state index < -0.39 is 11.0 Å². The summed E-state index contributed by atoms with van der Waals surface area (Å²) in [4.78, 5) is 0. The van der Waals surface area contributed by atoms with Gasteiger partial charge in [-0.25, -0.2) is 0 Å². The highest BCUT2D eigenvalue weighted by atomic mass is 16.3. The van der Waals surface area contributed by atoms with Gasteiger partial charge in [0.2, 0.25) is 0 Å². The van der Waals surface area contributed by atoms with Gasteiger partial charge in [-0.3, -0.25) is 0 Å². The molecule has 0 radical (unpaired) electrons. The smallest absolute Gasteiger partial charge is 0.0789 e. The van der Waals surface area contributed by atoms with Gasteiger partial charge in [0, 0.05) is 5.69 Å². The fourth-order valence-electron chi connectivity index (χ4n) is 1.47. The molecule has 1 rings (SSSR count). The van der Waals surface area contributed by atoms with Crippen molar-refractivity contribution in [3.05, 3.63) is 29.8 Å². The number of aliphatic hydroxyl groups is 1. The second kappa shape index (κ2) is 4.99. The summed E-state index contributed by atoms with van der Waals surface area (Å²) in [5.74, 6) is 0. The predicted molar refractivity (Wildman–Crippen MR) is 74.5 cm³/mol. The zero-order valence-corrected chi connectivity index (χ0v) is 11.8. The number of hydrogen-bond donors (Lipinski definition) is 2. The average molecular weight is 246 g/mol. The molecule has 18 heavy (non-hydrogen) atoms. The largest absolute Gasteiger partial charge is 0.388 e. The molecule has 0 fully saturated rings. The first kappa shape index (κ1) is 14.5. The first-order valence-electron chi connectivity index (χ1n) is 6.17. The molecule has 1 aromatic rings. The van der Waals surface area contributed by atoms with E-state index in [4.69, 9.17) is 5.26 Å². The molecular weight excluding hydrogens is 224 g/mol. The Hall–Kier alpha value is -1.53. The molecule has 0 spiro atoms. The third kappa shape index (κ3) is 3.48. The lowest BCUT2D eigenvalue weighted by molar-refractivity contribution is 0.0649. The number of anilines is 1. The number of nitrogens with one attached hydrogen (secondary N) is 1. The van der Waals surface area contributed by atoms with E-state index in [9.17, 15) is 5.11 Å². The molecule has 3 nitrogen and oxygen atoms in total. The van der Waals surface area contributed by atoms with Crippen LogP contribution >= 0.6 is 0 Å². The van der Waals surface area contributed by atoms with Crippen LogP contribution in [0.1, 0.15) is 40.2 Å². The van der Waals surface area contributed by atoms with Crippen molar-refractivity contribution in [2.24, 2.45) is 0 Å². The van der Waals surface area contributed by atoms with Gasteiger partial charge in [-0.15, -0.1) is 0 Å². The molecule has 0 heterocycles. The fourth-order valence-corrected chi connectivity index (χ4v) is 1.47. The maximum absolute atomic E-state index is 9.86. The normalized spacial score (nSPS) is 13.8. The maximum atomic E-state index is 9.86. The molecule has 1 atom stereocenters. The van der Waals surface area contributed by atoms with Crippen molar-refractivity contribution in [2.45, 2.75) is 51.7 Å². The lowest BCUT2D eigenvalue weighted by Gasteiger charge is -2.28.